The number of Topliss-reactive ketones (excluding diaryl/α,β-unsaturated/α-hetero) is 1. The molecule has 3 unspecified atom stereocenters. The summed E-state index contributed by atoms with van der Waals surface area (Å²) in [4.78, 5) is 12.2. The number of fused-ring (bicyclic) bond motifs is 3. The molecule has 3 atom stereocenters. The molecular formula is C18H23NO3. The molecular weight excluding hydrogens is 278 g/mol. The molecule has 0 amide bonds. The van der Waals surface area contributed by atoms with Crippen LogP contribution in [0.2, 0.25) is 0 Å². The number of nitrogens with one attached hydrogen (secondary N) is 1. The SMILES string of the molecule is C=CC12CC(=O)CCC1C(NC)Cc1ccc(OC)c(O)c12. The van der Waals surface area contributed by atoms with E-state index in [1.807, 2.05) is 19.2 Å². The van der Waals surface area contributed by atoms with E-state index in [1.165, 1.54) is 0 Å². The normalized spacial score (nSPS) is 30.4. The first-order valence-corrected chi connectivity index (χ1v) is 7.79. The van der Waals surface area contributed by atoms with Gasteiger partial charge in [0.05, 0.1) is 7.11 Å². The summed E-state index contributed by atoms with van der Waals surface area (Å²) in [7, 11) is 3.51. The predicted molar refractivity (Wildman–Crippen MR) is 85.4 cm³/mol. The zero-order valence-electron chi connectivity index (χ0n) is 13.2. The molecule has 118 valence electrons. The number of phenols is 1. The van der Waals surface area contributed by atoms with Gasteiger partial charge in [-0.15, -0.1) is 6.58 Å². The summed E-state index contributed by atoms with van der Waals surface area (Å²) < 4.78 is 5.28. The van der Waals surface area contributed by atoms with Crippen LogP contribution in [0.15, 0.2) is 24.8 Å². The molecule has 0 radical (unpaired) electrons. The molecule has 3 rings (SSSR count). The van der Waals surface area contributed by atoms with Gasteiger partial charge < -0.3 is 15.2 Å². The number of aromatic hydroxyl groups is 1. The Balaban J connectivity index is 2.26. The predicted octanol–water partition coefficient (Wildman–Crippen LogP) is 2.34. The summed E-state index contributed by atoms with van der Waals surface area (Å²) >= 11 is 0. The number of methoxy groups -OCH3 is 1. The van der Waals surface area contributed by atoms with Crippen molar-refractivity contribution in [1.29, 1.82) is 0 Å². The molecule has 4 heteroatoms. The minimum absolute atomic E-state index is 0.161. The largest absolute Gasteiger partial charge is 0.504 e. The highest BCUT2D eigenvalue weighted by atomic mass is 16.5. The number of hydrogen-bond donors (Lipinski definition) is 2. The lowest BCUT2D eigenvalue weighted by Gasteiger charge is -2.50. The van der Waals surface area contributed by atoms with Crippen molar-refractivity contribution in [3.05, 3.63) is 35.9 Å². The van der Waals surface area contributed by atoms with Crippen LogP contribution in [0.25, 0.3) is 0 Å². The Kier molecular flexibility index (Phi) is 3.73. The number of ketones is 1. The lowest BCUT2D eigenvalue weighted by atomic mass is 9.55. The maximum atomic E-state index is 12.2. The van der Waals surface area contributed by atoms with Crippen LogP contribution < -0.4 is 10.1 Å². The molecule has 22 heavy (non-hydrogen) atoms. The van der Waals surface area contributed by atoms with Crippen molar-refractivity contribution in [3.63, 3.8) is 0 Å². The van der Waals surface area contributed by atoms with Gasteiger partial charge in [0, 0.05) is 29.9 Å². The van der Waals surface area contributed by atoms with Crippen molar-refractivity contribution in [2.24, 2.45) is 5.92 Å². The molecule has 0 aliphatic heterocycles. The third kappa shape index (κ3) is 1.97. The third-order valence-electron chi connectivity index (χ3n) is 5.46. The Bertz CT molecular complexity index is 625. The molecule has 2 N–H and O–H groups in total. The number of rotatable bonds is 3. The molecule has 1 fully saturated rings. The van der Waals surface area contributed by atoms with Crippen LogP contribution in [0.4, 0.5) is 0 Å². The smallest absolute Gasteiger partial charge is 0.162 e. The maximum absolute atomic E-state index is 12.2. The van der Waals surface area contributed by atoms with Crippen LogP contribution in [0, 0.1) is 5.92 Å². The summed E-state index contributed by atoms with van der Waals surface area (Å²) in [6.45, 7) is 4.03. The molecule has 0 saturated heterocycles. The second-order valence-corrected chi connectivity index (χ2v) is 6.35. The Hall–Kier alpha value is -1.81. The van der Waals surface area contributed by atoms with Crippen molar-refractivity contribution >= 4 is 5.78 Å². The highest BCUT2D eigenvalue weighted by Gasteiger charge is 2.51. The molecule has 0 bridgehead atoms. The minimum Gasteiger partial charge on any atom is -0.504 e. The van der Waals surface area contributed by atoms with Gasteiger partial charge >= 0.3 is 0 Å². The fraction of sp³-hybridized carbons (Fsp3) is 0.500. The summed E-state index contributed by atoms with van der Waals surface area (Å²) in [6, 6.07) is 4.08. The lowest BCUT2D eigenvalue weighted by molar-refractivity contribution is -0.123. The Labute approximate surface area is 131 Å². The number of carbonyl (C=O) groups is 1. The van der Waals surface area contributed by atoms with Gasteiger partial charge in [0.2, 0.25) is 0 Å². The van der Waals surface area contributed by atoms with E-state index in [4.69, 9.17) is 4.74 Å². The molecule has 1 saturated carbocycles. The van der Waals surface area contributed by atoms with Crippen LogP contribution in [-0.2, 0) is 16.6 Å². The van der Waals surface area contributed by atoms with E-state index in [9.17, 15) is 9.90 Å². The van der Waals surface area contributed by atoms with E-state index < -0.39 is 5.41 Å². The zero-order valence-corrected chi connectivity index (χ0v) is 13.2. The fourth-order valence-electron chi connectivity index (χ4n) is 4.43. The molecule has 0 aromatic heterocycles. The van der Waals surface area contributed by atoms with Crippen LogP contribution in [0.1, 0.15) is 30.4 Å². The van der Waals surface area contributed by atoms with Gasteiger partial charge in [-0.2, -0.15) is 0 Å². The third-order valence-corrected chi connectivity index (χ3v) is 5.46. The minimum atomic E-state index is -0.505. The Morgan fingerprint density at radius 2 is 2.27 bits per heavy atom. The fourth-order valence-corrected chi connectivity index (χ4v) is 4.43. The number of phenolic OH excluding ortho intramolecular Hbond substituents is 1. The molecule has 1 aromatic rings. The van der Waals surface area contributed by atoms with Gasteiger partial charge in [-0.3, -0.25) is 4.79 Å². The number of hydrogen-bond acceptors (Lipinski definition) is 4. The number of benzene rings is 1. The van der Waals surface area contributed by atoms with E-state index >= 15 is 0 Å². The first-order valence-electron chi connectivity index (χ1n) is 7.79. The van der Waals surface area contributed by atoms with Gasteiger partial charge in [0.15, 0.2) is 11.5 Å². The number of carbonyl (C=O) groups excluding carboxylic acids is 1. The maximum Gasteiger partial charge on any atom is 0.162 e. The number of ether oxygens (including phenoxy) is 1. The molecule has 0 spiro atoms. The number of allylic oxidation sites excluding steroid dienone is 1. The van der Waals surface area contributed by atoms with Crippen LogP contribution in [0.5, 0.6) is 11.5 Å². The summed E-state index contributed by atoms with van der Waals surface area (Å²) in [5.74, 6) is 1.12. The van der Waals surface area contributed by atoms with Crippen molar-refractivity contribution in [1.82, 2.24) is 5.32 Å². The lowest BCUT2D eigenvalue weighted by Crippen LogP contribution is -2.53. The highest BCUT2D eigenvalue weighted by Crippen LogP contribution is 2.54. The molecule has 2 aliphatic rings. The van der Waals surface area contributed by atoms with Crippen molar-refractivity contribution in [2.75, 3.05) is 14.2 Å². The Morgan fingerprint density at radius 3 is 2.91 bits per heavy atom. The topological polar surface area (TPSA) is 58.6 Å². The second-order valence-electron chi connectivity index (χ2n) is 6.35. The average molecular weight is 301 g/mol. The molecule has 0 heterocycles. The number of likely N-dealkylation sites (N-methyl/N-ethyl adjacent to an activating group) is 1. The molecule has 4 nitrogen and oxygen atoms in total. The standard InChI is InChI=1S/C18H23NO3/c1-4-18-10-12(20)6-7-13(18)14(19-2)9-11-5-8-15(22-3)17(21)16(11)18/h4-5,8,13-14,19,21H,1,6-7,9-10H2,2-3H3. The van der Waals surface area contributed by atoms with E-state index in [0.29, 0.717) is 18.6 Å². The van der Waals surface area contributed by atoms with Gasteiger partial charge in [-0.05, 0) is 37.4 Å². The summed E-state index contributed by atoms with van der Waals surface area (Å²) in [5, 5.41) is 14.1. The first kappa shape index (κ1) is 15.1. The van der Waals surface area contributed by atoms with E-state index in [1.54, 1.807) is 13.2 Å². The molecule has 2 aliphatic carbocycles. The van der Waals surface area contributed by atoms with E-state index in [0.717, 1.165) is 24.0 Å². The van der Waals surface area contributed by atoms with Gasteiger partial charge in [-0.25, -0.2) is 0 Å². The van der Waals surface area contributed by atoms with Gasteiger partial charge in [0.25, 0.3) is 0 Å². The highest BCUT2D eigenvalue weighted by molar-refractivity contribution is 5.82. The summed E-state index contributed by atoms with van der Waals surface area (Å²) in [5.41, 5.74) is 1.41. The average Bonchev–Trinajstić information content (AvgIpc) is 2.53. The monoisotopic (exact) mass is 301 g/mol. The zero-order chi connectivity index (χ0) is 15.9. The first-order chi connectivity index (χ1) is 10.6. The van der Waals surface area contributed by atoms with Crippen molar-refractivity contribution in [2.45, 2.75) is 37.1 Å². The van der Waals surface area contributed by atoms with Crippen molar-refractivity contribution in [3.8, 4) is 11.5 Å². The van der Waals surface area contributed by atoms with Crippen LogP contribution in [0.3, 0.4) is 0 Å². The quantitative estimate of drug-likeness (QED) is 0.841. The van der Waals surface area contributed by atoms with Crippen LogP contribution >= 0.6 is 0 Å². The Morgan fingerprint density at radius 1 is 1.50 bits per heavy atom. The second kappa shape index (κ2) is 5.43. The van der Waals surface area contributed by atoms with Crippen molar-refractivity contribution < 1.29 is 14.6 Å². The van der Waals surface area contributed by atoms with E-state index in [-0.39, 0.29) is 23.5 Å². The van der Waals surface area contributed by atoms with Gasteiger partial charge in [0.1, 0.15) is 5.78 Å². The molecule has 1 aromatic carbocycles. The van der Waals surface area contributed by atoms with Gasteiger partial charge in [-0.1, -0.05) is 12.1 Å². The summed E-state index contributed by atoms with van der Waals surface area (Å²) in [6.07, 6.45) is 4.56. The van der Waals surface area contributed by atoms with E-state index in [2.05, 4.69) is 11.9 Å². The van der Waals surface area contributed by atoms with Crippen LogP contribution in [-0.4, -0.2) is 31.1 Å².